The van der Waals surface area contributed by atoms with E-state index in [0.717, 1.165) is 16.0 Å². The molecule has 0 atom stereocenters. The Morgan fingerprint density at radius 1 is 1.42 bits per heavy atom. The highest BCUT2D eigenvalue weighted by Gasteiger charge is 2.24. The van der Waals surface area contributed by atoms with Gasteiger partial charge < -0.3 is 15.4 Å². The summed E-state index contributed by atoms with van der Waals surface area (Å²) in [7, 11) is 1.61. The molecule has 3 heterocycles. The van der Waals surface area contributed by atoms with Crippen molar-refractivity contribution in [1.29, 1.82) is 0 Å². The molecule has 26 heavy (non-hydrogen) atoms. The van der Waals surface area contributed by atoms with Gasteiger partial charge in [0.25, 0.3) is 0 Å². The summed E-state index contributed by atoms with van der Waals surface area (Å²) in [5.41, 5.74) is 1.44. The van der Waals surface area contributed by atoms with Crippen molar-refractivity contribution >= 4 is 55.1 Å². The van der Waals surface area contributed by atoms with Crippen molar-refractivity contribution < 1.29 is 14.3 Å². The second-order valence-electron chi connectivity index (χ2n) is 5.58. The minimum atomic E-state index is -0.196. The van der Waals surface area contributed by atoms with E-state index in [1.807, 2.05) is 18.2 Å². The fourth-order valence-electron chi connectivity index (χ4n) is 2.57. The average molecular weight is 389 g/mol. The third-order valence-electron chi connectivity index (χ3n) is 3.81. The number of nitrogens with zero attached hydrogens (tertiary/aromatic N) is 3. The normalized spacial score (nSPS) is 13.9. The zero-order valence-corrected chi connectivity index (χ0v) is 15.4. The molecule has 1 aromatic carbocycles. The molecule has 4 rings (SSSR count). The van der Waals surface area contributed by atoms with Gasteiger partial charge in [-0.25, -0.2) is 14.8 Å². The number of carbonyl (C=O) groups excluding carboxylic acids is 2. The van der Waals surface area contributed by atoms with Crippen molar-refractivity contribution in [2.45, 2.75) is 6.42 Å². The van der Waals surface area contributed by atoms with Crippen molar-refractivity contribution in [3.05, 3.63) is 29.3 Å². The Morgan fingerprint density at radius 3 is 3.08 bits per heavy atom. The van der Waals surface area contributed by atoms with E-state index in [-0.39, 0.29) is 18.4 Å². The van der Waals surface area contributed by atoms with Crippen LogP contribution in [0.3, 0.4) is 0 Å². The quantitative estimate of drug-likeness (QED) is 0.699. The number of carbonyl (C=O) groups is 2. The summed E-state index contributed by atoms with van der Waals surface area (Å²) in [4.78, 5) is 34.3. The zero-order chi connectivity index (χ0) is 18.1. The van der Waals surface area contributed by atoms with E-state index in [0.29, 0.717) is 29.0 Å². The third kappa shape index (κ3) is 3.33. The third-order valence-corrected chi connectivity index (χ3v) is 5.66. The van der Waals surface area contributed by atoms with Crippen LogP contribution < -0.4 is 20.3 Å². The number of hydrogen-bond donors (Lipinski definition) is 2. The van der Waals surface area contributed by atoms with Crippen LogP contribution in [0.25, 0.3) is 10.2 Å². The van der Waals surface area contributed by atoms with Gasteiger partial charge in [-0.05, 0) is 18.2 Å². The zero-order valence-electron chi connectivity index (χ0n) is 13.8. The lowest BCUT2D eigenvalue weighted by molar-refractivity contribution is -0.115. The lowest BCUT2D eigenvalue weighted by Crippen LogP contribution is -2.27. The monoisotopic (exact) mass is 389 g/mol. The van der Waals surface area contributed by atoms with Crippen LogP contribution in [0.5, 0.6) is 5.75 Å². The number of aromatic nitrogens is 2. The van der Waals surface area contributed by atoms with Crippen LogP contribution in [0.2, 0.25) is 0 Å². The Bertz CT molecular complexity index is 983. The van der Waals surface area contributed by atoms with E-state index in [2.05, 4.69) is 20.6 Å². The highest BCUT2D eigenvalue weighted by Crippen LogP contribution is 2.29. The van der Waals surface area contributed by atoms with E-state index in [4.69, 9.17) is 4.74 Å². The fourth-order valence-corrected chi connectivity index (χ4v) is 4.33. The van der Waals surface area contributed by atoms with E-state index in [9.17, 15) is 9.59 Å². The molecule has 0 aliphatic carbocycles. The summed E-state index contributed by atoms with van der Waals surface area (Å²) in [6.45, 7) is 1.20. The van der Waals surface area contributed by atoms with Crippen molar-refractivity contribution in [3.8, 4) is 5.75 Å². The smallest absolute Gasteiger partial charge is 0.323 e. The van der Waals surface area contributed by atoms with Crippen molar-refractivity contribution in [3.63, 3.8) is 0 Å². The molecule has 1 aliphatic heterocycles. The van der Waals surface area contributed by atoms with Gasteiger partial charge in [0.15, 0.2) is 10.3 Å². The lowest BCUT2D eigenvalue weighted by Gasteiger charge is -2.08. The maximum absolute atomic E-state index is 12.3. The molecule has 3 aromatic rings. The summed E-state index contributed by atoms with van der Waals surface area (Å²) >= 11 is 2.74. The first-order valence-electron chi connectivity index (χ1n) is 7.86. The number of fused-ring (bicyclic) bond motifs is 1. The summed E-state index contributed by atoms with van der Waals surface area (Å²) in [5, 5.41) is 8.47. The minimum Gasteiger partial charge on any atom is -0.497 e. The van der Waals surface area contributed by atoms with Gasteiger partial charge in [0.2, 0.25) is 5.91 Å². The molecule has 0 unspecified atom stereocenters. The lowest BCUT2D eigenvalue weighted by atomic mass is 10.3. The molecular weight excluding hydrogens is 374 g/mol. The number of ether oxygens (including phenoxy) is 1. The fraction of sp³-hybridized carbons (Fsp3) is 0.250. The number of thiazole rings is 2. The van der Waals surface area contributed by atoms with Gasteiger partial charge in [-0.15, -0.1) is 11.3 Å². The molecule has 1 saturated heterocycles. The minimum absolute atomic E-state index is 0.130. The molecule has 0 radical (unpaired) electrons. The first-order valence-corrected chi connectivity index (χ1v) is 9.56. The molecule has 10 heteroatoms. The number of hydrogen-bond acceptors (Lipinski definition) is 7. The highest BCUT2D eigenvalue weighted by atomic mass is 32.1. The van der Waals surface area contributed by atoms with Crippen molar-refractivity contribution in [1.82, 2.24) is 15.3 Å². The molecule has 1 fully saturated rings. The Labute approximate surface area is 156 Å². The largest absolute Gasteiger partial charge is 0.497 e. The molecule has 8 nitrogen and oxygen atoms in total. The molecule has 0 saturated carbocycles. The number of amides is 3. The van der Waals surface area contributed by atoms with Gasteiger partial charge >= 0.3 is 6.03 Å². The molecule has 0 spiro atoms. The molecular formula is C16H15N5O3S2. The van der Waals surface area contributed by atoms with E-state index in [1.165, 1.54) is 22.7 Å². The predicted octanol–water partition coefficient (Wildman–Crippen LogP) is 2.47. The standard InChI is InChI=1S/C16H15N5O3S2/c1-24-10-2-3-11-12(7-10)26-14(19-11)20-13(22)6-9-8-25-16(18-9)21-5-4-17-15(21)23/h2-3,7-8H,4-6H2,1H3,(H,17,23)(H,19,20,22). The van der Waals surface area contributed by atoms with Gasteiger partial charge in [-0.3, -0.25) is 9.69 Å². The maximum Gasteiger partial charge on any atom is 0.323 e. The summed E-state index contributed by atoms with van der Waals surface area (Å²) in [5.74, 6) is 0.554. The predicted molar refractivity (Wildman–Crippen MR) is 101 cm³/mol. The van der Waals surface area contributed by atoms with E-state index in [1.54, 1.807) is 17.4 Å². The second kappa shape index (κ2) is 6.89. The Kier molecular flexibility index (Phi) is 4.43. The Hall–Kier alpha value is -2.72. The van der Waals surface area contributed by atoms with Gasteiger partial charge in [0.1, 0.15) is 5.75 Å². The van der Waals surface area contributed by atoms with Crippen LogP contribution in [0.1, 0.15) is 5.69 Å². The van der Waals surface area contributed by atoms with Crippen molar-refractivity contribution in [2.75, 3.05) is 30.4 Å². The molecule has 2 aromatic heterocycles. The number of rotatable bonds is 5. The van der Waals surface area contributed by atoms with Crippen LogP contribution in [0.15, 0.2) is 23.6 Å². The molecule has 1 aliphatic rings. The van der Waals surface area contributed by atoms with Crippen LogP contribution in [0.4, 0.5) is 15.1 Å². The molecule has 2 N–H and O–H groups in total. The first-order chi connectivity index (χ1) is 12.6. The molecule has 134 valence electrons. The van der Waals surface area contributed by atoms with Crippen molar-refractivity contribution in [2.24, 2.45) is 0 Å². The molecule has 3 amide bonds. The second-order valence-corrected chi connectivity index (χ2v) is 7.45. The molecule has 0 bridgehead atoms. The Balaban J connectivity index is 1.42. The summed E-state index contributed by atoms with van der Waals surface area (Å²) in [6, 6.07) is 5.42. The SMILES string of the molecule is COc1ccc2nc(NC(=O)Cc3csc(N4CCNC4=O)n3)sc2c1. The number of methoxy groups -OCH3 is 1. The van der Waals surface area contributed by atoms with E-state index >= 15 is 0 Å². The van der Waals surface area contributed by atoms with Gasteiger partial charge in [-0.2, -0.15) is 0 Å². The first kappa shape index (κ1) is 16.7. The summed E-state index contributed by atoms with van der Waals surface area (Å²) in [6.07, 6.45) is 0.130. The van der Waals surface area contributed by atoms with Gasteiger partial charge in [0, 0.05) is 18.5 Å². The Morgan fingerprint density at radius 2 is 2.31 bits per heavy atom. The highest BCUT2D eigenvalue weighted by molar-refractivity contribution is 7.22. The average Bonchev–Trinajstić information content (AvgIpc) is 3.33. The van der Waals surface area contributed by atoms with Crippen LogP contribution >= 0.6 is 22.7 Å². The maximum atomic E-state index is 12.3. The van der Waals surface area contributed by atoms with E-state index < -0.39 is 0 Å². The topological polar surface area (TPSA) is 96.5 Å². The van der Waals surface area contributed by atoms with Crippen LogP contribution in [-0.4, -0.2) is 42.1 Å². The summed E-state index contributed by atoms with van der Waals surface area (Å²) < 4.78 is 6.14. The number of benzene rings is 1. The number of urea groups is 1. The van der Waals surface area contributed by atoms with Gasteiger partial charge in [0.05, 0.1) is 29.4 Å². The van der Waals surface area contributed by atoms with Gasteiger partial charge in [-0.1, -0.05) is 11.3 Å². The number of anilines is 2. The number of nitrogens with one attached hydrogen (secondary N) is 2. The van der Waals surface area contributed by atoms with Crippen LogP contribution in [-0.2, 0) is 11.2 Å². The van der Waals surface area contributed by atoms with Crippen LogP contribution in [0, 0.1) is 0 Å².